The lowest BCUT2D eigenvalue weighted by atomic mass is 9.78. The number of aliphatic imine (C=N–C) groups is 1. The highest BCUT2D eigenvalue weighted by Crippen LogP contribution is 2.41. The average Bonchev–Trinajstić information content (AvgIpc) is 3.32. The van der Waals surface area contributed by atoms with Crippen molar-refractivity contribution in [2.45, 2.75) is 37.6 Å². The second-order valence-corrected chi connectivity index (χ2v) is 7.18. The number of hydrogen-bond acceptors (Lipinski definition) is 2. The Kier molecular flexibility index (Phi) is 8.01. The Morgan fingerprint density at radius 3 is 2.63 bits per heavy atom. The first-order valence-electron chi connectivity index (χ1n) is 9.35. The standard InChI is InChI=1S/C21H30N4O.HI/c1-22-20(23-14-17-9-12-25(2)15-17)24-16-21(10-4-5-11-21)18-7-6-8-19(13-18)26-3;/h6-9,12-13,15H,4-5,10-11,14,16H2,1-3H3,(H2,22,23,24);1H. The zero-order valence-corrected chi connectivity index (χ0v) is 18.8. The van der Waals surface area contributed by atoms with E-state index in [0.29, 0.717) is 0 Å². The van der Waals surface area contributed by atoms with E-state index in [9.17, 15) is 0 Å². The first kappa shape index (κ1) is 21.6. The van der Waals surface area contributed by atoms with Gasteiger partial charge in [-0.05, 0) is 42.2 Å². The molecule has 0 amide bonds. The molecular formula is C21H31IN4O. The van der Waals surface area contributed by atoms with Gasteiger partial charge in [0.15, 0.2) is 5.96 Å². The van der Waals surface area contributed by atoms with Crippen molar-refractivity contribution in [2.24, 2.45) is 12.0 Å². The number of nitrogens with one attached hydrogen (secondary N) is 2. The van der Waals surface area contributed by atoms with E-state index < -0.39 is 0 Å². The molecule has 0 aliphatic heterocycles. The fourth-order valence-corrected chi connectivity index (χ4v) is 3.90. The van der Waals surface area contributed by atoms with Crippen molar-refractivity contribution in [1.29, 1.82) is 0 Å². The topological polar surface area (TPSA) is 50.6 Å². The van der Waals surface area contributed by atoms with Gasteiger partial charge in [-0.2, -0.15) is 0 Å². The zero-order valence-electron chi connectivity index (χ0n) is 16.5. The summed E-state index contributed by atoms with van der Waals surface area (Å²) < 4.78 is 7.50. The lowest BCUT2D eigenvalue weighted by Gasteiger charge is -2.31. The summed E-state index contributed by atoms with van der Waals surface area (Å²) in [5.41, 5.74) is 2.76. The van der Waals surface area contributed by atoms with E-state index in [-0.39, 0.29) is 29.4 Å². The van der Waals surface area contributed by atoms with Crippen LogP contribution in [0.3, 0.4) is 0 Å². The van der Waals surface area contributed by atoms with Gasteiger partial charge in [-0.1, -0.05) is 25.0 Å². The second kappa shape index (κ2) is 10.0. The summed E-state index contributed by atoms with van der Waals surface area (Å²) in [4.78, 5) is 4.39. The maximum atomic E-state index is 5.44. The summed E-state index contributed by atoms with van der Waals surface area (Å²) in [6.07, 6.45) is 9.12. The molecule has 0 saturated heterocycles. The minimum absolute atomic E-state index is 0. The van der Waals surface area contributed by atoms with Gasteiger partial charge in [-0.25, -0.2) is 0 Å². The fraction of sp³-hybridized carbons (Fsp3) is 0.476. The molecule has 1 fully saturated rings. The summed E-state index contributed by atoms with van der Waals surface area (Å²) in [5.74, 6) is 1.78. The monoisotopic (exact) mass is 482 g/mol. The molecule has 1 aliphatic rings. The number of halogens is 1. The van der Waals surface area contributed by atoms with Crippen molar-refractivity contribution < 1.29 is 4.74 Å². The van der Waals surface area contributed by atoms with Crippen LogP contribution in [0.4, 0.5) is 0 Å². The van der Waals surface area contributed by atoms with Crippen LogP contribution in [0, 0.1) is 0 Å². The molecule has 5 nitrogen and oxygen atoms in total. The number of benzene rings is 1. The molecule has 27 heavy (non-hydrogen) atoms. The van der Waals surface area contributed by atoms with Crippen molar-refractivity contribution >= 4 is 29.9 Å². The smallest absolute Gasteiger partial charge is 0.191 e. The minimum atomic E-state index is 0. The van der Waals surface area contributed by atoms with E-state index in [1.54, 1.807) is 7.11 Å². The minimum Gasteiger partial charge on any atom is -0.497 e. The number of nitrogens with zero attached hydrogens (tertiary/aromatic N) is 2. The Balaban J connectivity index is 0.00000261. The van der Waals surface area contributed by atoms with Gasteiger partial charge in [0, 0.05) is 45.0 Å². The number of ether oxygens (including phenoxy) is 1. The second-order valence-electron chi connectivity index (χ2n) is 7.18. The van der Waals surface area contributed by atoms with E-state index in [4.69, 9.17) is 4.74 Å². The van der Waals surface area contributed by atoms with Gasteiger partial charge in [-0.15, -0.1) is 24.0 Å². The summed E-state index contributed by atoms with van der Waals surface area (Å²) in [6.45, 7) is 1.65. The van der Waals surface area contributed by atoms with Crippen LogP contribution in [0.25, 0.3) is 0 Å². The molecule has 1 saturated carbocycles. The molecule has 0 radical (unpaired) electrons. The summed E-state index contributed by atoms with van der Waals surface area (Å²) in [6, 6.07) is 10.6. The van der Waals surface area contributed by atoms with Crippen molar-refractivity contribution in [3.63, 3.8) is 0 Å². The molecule has 6 heteroatoms. The zero-order chi connectivity index (χ0) is 18.4. The maximum absolute atomic E-state index is 5.44. The highest BCUT2D eigenvalue weighted by molar-refractivity contribution is 14.0. The van der Waals surface area contributed by atoms with Gasteiger partial charge in [0.1, 0.15) is 5.75 Å². The Bertz CT molecular complexity index is 750. The van der Waals surface area contributed by atoms with Crippen LogP contribution in [0.5, 0.6) is 5.75 Å². The third-order valence-corrected chi connectivity index (χ3v) is 5.41. The average molecular weight is 482 g/mol. The summed E-state index contributed by atoms with van der Waals surface area (Å²) >= 11 is 0. The van der Waals surface area contributed by atoms with Crippen LogP contribution >= 0.6 is 24.0 Å². The molecule has 2 N–H and O–H groups in total. The highest BCUT2D eigenvalue weighted by Gasteiger charge is 2.36. The van der Waals surface area contributed by atoms with Crippen molar-refractivity contribution in [2.75, 3.05) is 20.7 Å². The van der Waals surface area contributed by atoms with Gasteiger partial charge in [0.05, 0.1) is 7.11 Å². The first-order chi connectivity index (χ1) is 12.6. The molecule has 1 aromatic heterocycles. The van der Waals surface area contributed by atoms with E-state index >= 15 is 0 Å². The highest BCUT2D eigenvalue weighted by atomic mass is 127. The molecule has 1 aromatic carbocycles. The molecular weight excluding hydrogens is 451 g/mol. The third kappa shape index (κ3) is 5.40. The summed E-state index contributed by atoms with van der Waals surface area (Å²) in [7, 11) is 5.59. The molecule has 0 spiro atoms. The number of guanidine groups is 1. The number of aryl methyl sites for hydroxylation is 1. The first-order valence-corrected chi connectivity index (χ1v) is 9.35. The number of methoxy groups -OCH3 is 1. The van der Waals surface area contributed by atoms with E-state index in [0.717, 1.165) is 24.8 Å². The Morgan fingerprint density at radius 2 is 2.00 bits per heavy atom. The lowest BCUT2D eigenvalue weighted by molar-refractivity contribution is 0.404. The summed E-state index contributed by atoms with van der Waals surface area (Å²) in [5, 5.41) is 6.97. The number of hydrogen-bond donors (Lipinski definition) is 2. The molecule has 0 bridgehead atoms. The molecule has 2 aromatic rings. The fourth-order valence-electron chi connectivity index (χ4n) is 3.90. The maximum Gasteiger partial charge on any atom is 0.191 e. The van der Waals surface area contributed by atoms with Crippen molar-refractivity contribution in [3.05, 3.63) is 53.9 Å². The molecule has 1 aliphatic carbocycles. The van der Waals surface area contributed by atoms with Gasteiger partial charge >= 0.3 is 0 Å². The normalized spacial score (nSPS) is 15.9. The van der Waals surface area contributed by atoms with Gasteiger partial charge < -0.3 is 19.9 Å². The van der Waals surface area contributed by atoms with Gasteiger partial charge in [0.25, 0.3) is 0 Å². The van der Waals surface area contributed by atoms with E-state index in [1.165, 1.54) is 36.8 Å². The molecule has 0 atom stereocenters. The third-order valence-electron chi connectivity index (χ3n) is 5.41. The van der Waals surface area contributed by atoms with Crippen molar-refractivity contribution in [3.8, 4) is 5.75 Å². The Labute approximate surface area is 179 Å². The predicted octanol–water partition coefficient (Wildman–Crippen LogP) is 3.83. The number of rotatable bonds is 6. The molecule has 0 unspecified atom stereocenters. The number of aromatic nitrogens is 1. The largest absolute Gasteiger partial charge is 0.497 e. The lowest BCUT2D eigenvalue weighted by Crippen LogP contribution is -2.44. The van der Waals surface area contributed by atoms with Crippen LogP contribution in [-0.4, -0.2) is 31.2 Å². The van der Waals surface area contributed by atoms with Gasteiger partial charge in [0.2, 0.25) is 0 Å². The quantitative estimate of drug-likeness (QED) is 0.374. The van der Waals surface area contributed by atoms with Crippen LogP contribution < -0.4 is 15.4 Å². The SMILES string of the molecule is CN=C(NCc1ccn(C)c1)NCC1(c2cccc(OC)c2)CCCC1.I. The van der Waals surface area contributed by atoms with E-state index in [2.05, 4.69) is 56.9 Å². The van der Waals surface area contributed by atoms with Crippen LogP contribution in [0.1, 0.15) is 36.8 Å². The van der Waals surface area contributed by atoms with Crippen LogP contribution in [0.2, 0.25) is 0 Å². The predicted molar refractivity (Wildman–Crippen MR) is 122 cm³/mol. The Hall–Kier alpha value is -1.70. The Morgan fingerprint density at radius 1 is 1.22 bits per heavy atom. The molecule has 1 heterocycles. The molecule has 3 rings (SSSR count). The van der Waals surface area contributed by atoms with Crippen LogP contribution in [0.15, 0.2) is 47.7 Å². The van der Waals surface area contributed by atoms with Crippen molar-refractivity contribution in [1.82, 2.24) is 15.2 Å². The van der Waals surface area contributed by atoms with E-state index in [1.807, 2.05) is 20.2 Å². The van der Waals surface area contributed by atoms with Crippen LogP contribution in [-0.2, 0) is 19.0 Å². The van der Waals surface area contributed by atoms with Gasteiger partial charge in [-0.3, -0.25) is 4.99 Å². The molecule has 148 valence electrons.